The molecule has 0 unspecified atom stereocenters. The molecule has 0 aliphatic heterocycles. The minimum absolute atomic E-state index is 0.112. The molecule has 0 spiro atoms. The predicted octanol–water partition coefficient (Wildman–Crippen LogP) is 0.0751. The SMILES string of the molecule is CCS(=O)(=O)NCCn1ccn2nccc12. The minimum atomic E-state index is -3.10. The summed E-state index contributed by atoms with van der Waals surface area (Å²) in [5, 5.41) is 4.07. The van der Waals surface area contributed by atoms with Crippen LogP contribution in [0.25, 0.3) is 5.65 Å². The fourth-order valence-corrected chi connectivity index (χ4v) is 2.09. The molecular formula is C9H14N4O2S. The Morgan fingerprint density at radius 3 is 3.00 bits per heavy atom. The first-order chi connectivity index (χ1) is 7.62. The van der Waals surface area contributed by atoms with Crippen LogP contribution >= 0.6 is 0 Å². The molecule has 0 saturated carbocycles. The third-order valence-corrected chi connectivity index (χ3v) is 3.79. The number of fused-ring (bicyclic) bond motifs is 1. The molecule has 0 aliphatic carbocycles. The first-order valence-electron chi connectivity index (χ1n) is 5.08. The van der Waals surface area contributed by atoms with Gasteiger partial charge in [0.25, 0.3) is 0 Å². The van der Waals surface area contributed by atoms with Crippen molar-refractivity contribution < 1.29 is 8.42 Å². The lowest BCUT2D eigenvalue weighted by Crippen LogP contribution is -2.28. The molecule has 0 amide bonds. The van der Waals surface area contributed by atoms with Crippen molar-refractivity contribution in [1.82, 2.24) is 18.9 Å². The van der Waals surface area contributed by atoms with Gasteiger partial charge in [-0.25, -0.2) is 17.7 Å². The van der Waals surface area contributed by atoms with E-state index in [-0.39, 0.29) is 5.75 Å². The molecular weight excluding hydrogens is 228 g/mol. The molecule has 0 fully saturated rings. The Kier molecular flexibility index (Phi) is 2.97. The van der Waals surface area contributed by atoms with Gasteiger partial charge in [-0.1, -0.05) is 0 Å². The van der Waals surface area contributed by atoms with Gasteiger partial charge in [0.1, 0.15) is 5.65 Å². The van der Waals surface area contributed by atoms with Crippen molar-refractivity contribution in [3.05, 3.63) is 24.7 Å². The predicted molar refractivity (Wildman–Crippen MR) is 60.6 cm³/mol. The summed E-state index contributed by atoms with van der Waals surface area (Å²) in [5.74, 6) is 0.112. The topological polar surface area (TPSA) is 68.4 Å². The van der Waals surface area contributed by atoms with E-state index >= 15 is 0 Å². The Labute approximate surface area is 93.9 Å². The Morgan fingerprint density at radius 1 is 1.44 bits per heavy atom. The molecule has 0 bridgehead atoms. The highest BCUT2D eigenvalue weighted by Gasteiger charge is 2.06. The number of nitrogens with zero attached hydrogens (tertiary/aromatic N) is 3. The maximum absolute atomic E-state index is 11.2. The van der Waals surface area contributed by atoms with Gasteiger partial charge in [0.15, 0.2) is 0 Å². The molecule has 6 nitrogen and oxygen atoms in total. The maximum atomic E-state index is 11.2. The van der Waals surface area contributed by atoms with Gasteiger partial charge in [-0.15, -0.1) is 0 Å². The Balaban J connectivity index is 1.99. The quantitative estimate of drug-likeness (QED) is 0.807. The molecule has 16 heavy (non-hydrogen) atoms. The highest BCUT2D eigenvalue weighted by atomic mass is 32.2. The average molecular weight is 242 g/mol. The van der Waals surface area contributed by atoms with Crippen molar-refractivity contribution in [2.24, 2.45) is 0 Å². The monoisotopic (exact) mass is 242 g/mol. The summed E-state index contributed by atoms with van der Waals surface area (Å²) in [4.78, 5) is 0. The summed E-state index contributed by atoms with van der Waals surface area (Å²) in [6, 6.07) is 1.88. The van der Waals surface area contributed by atoms with Gasteiger partial charge in [-0.3, -0.25) is 0 Å². The molecule has 0 saturated heterocycles. The van der Waals surface area contributed by atoms with Crippen LogP contribution in [0.3, 0.4) is 0 Å². The van der Waals surface area contributed by atoms with E-state index in [1.165, 1.54) is 0 Å². The zero-order valence-corrected chi connectivity index (χ0v) is 9.81. The van der Waals surface area contributed by atoms with Gasteiger partial charge < -0.3 is 4.57 Å². The first kappa shape index (κ1) is 11.2. The van der Waals surface area contributed by atoms with Crippen LogP contribution in [-0.2, 0) is 16.6 Å². The second-order valence-electron chi connectivity index (χ2n) is 3.42. The van der Waals surface area contributed by atoms with Crippen molar-refractivity contribution in [3.63, 3.8) is 0 Å². The summed E-state index contributed by atoms with van der Waals surface area (Å²) in [7, 11) is -3.10. The number of nitrogens with one attached hydrogen (secondary N) is 1. The summed E-state index contributed by atoms with van der Waals surface area (Å²) in [6.07, 6.45) is 5.42. The normalized spacial score (nSPS) is 12.3. The van der Waals surface area contributed by atoms with Crippen molar-refractivity contribution >= 4 is 15.7 Å². The molecule has 2 rings (SSSR count). The van der Waals surface area contributed by atoms with Crippen LogP contribution in [0.1, 0.15) is 6.92 Å². The van der Waals surface area contributed by atoms with E-state index in [0.29, 0.717) is 13.1 Å². The molecule has 1 N–H and O–H groups in total. The van der Waals surface area contributed by atoms with Crippen LogP contribution in [0.15, 0.2) is 24.7 Å². The van der Waals surface area contributed by atoms with Gasteiger partial charge in [-0.05, 0) is 6.92 Å². The second-order valence-corrected chi connectivity index (χ2v) is 5.52. The van der Waals surface area contributed by atoms with E-state index in [1.807, 2.05) is 23.0 Å². The molecule has 0 aliphatic rings. The number of imidazole rings is 1. The number of hydrogen-bond donors (Lipinski definition) is 1. The summed E-state index contributed by atoms with van der Waals surface area (Å²) >= 11 is 0. The second kappa shape index (κ2) is 4.26. The zero-order valence-electron chi connectivity index (χ0n) is 9.00. The lowest BCUT2D eigenvalue weighted by Gasteiger charge is -2.05. The molecule has 7 heteroatoms. The summed E-state index contributed by atoms with van der Waals surface area (Å²) < 4.78 is 28.6. The third kappa shape index (κ3) is 2.25. The highest BCUT2D eigenvalue weighted by Crippen LogP contribution is 2.02. The zero-order chi connectivity index (χ0) is 11.6. The molecule has 0 atom stereocenters. The van der Waals surface area contributed by atoms with Gasteiger partial charge in [-0.2, -0.15) is 5.10 Å². The summed E-state index contributed by atoms with van der Waals surface area (Å²) in [6.45, 7) is 2.61. The molecule has 88 valence electrons. The van der Waals surface area contributed by atoms with E-state index in [9.17, 15) is 8.42 Å². The van der Waals surface area contributed by atoms with Gasteiger partial charge in [0.2, 0.25) is 10.0 Å². The van der Waals surface area contributed by atoms with Crippen molar-refractivity contribution in [1.29, 1.82) is 0 Å². The molecule has 2 aromatic heterocycles. The molecule has 2 aromatic rings. The van der Waals surface area contributed by atoms with E-state index in [0.717, 1.165) is 5.65 Å². The van der Waals surface area contributed by atoms with Crippen LogP contribution in [0.4, 0.5) is 0 Å². The standard InChI is InChI=1S/C9H14N4O2S/c1-2-16(14,15)11-5-6-12-7-8-13-9(12)3-4-10-13/h3-4,7-8,11H,2,5-6H2,1H3. The number of hydrogen-bond acceptors (Lipinski definition) is 3. The lowest BCUT2D eigenvalue weighted by atomic mass is 10.6. The Bertz CT molecular complexity index is 569. The molecule has 2 heterocycles. The number of aromatic nitrogens is 3. The van der Waals surface area contributed by atoms with Gasteiger partial charge >= 0.3 is 0 Å². The smallest absolute Gasteiger partial charge is 0.211 e. The largest absolute Gasteiger partial charge is 0.330 e. The Morgan fingerprint density at radius 2 is 2.25 bits per heavy atom. The first-order valence-corrected chi connectivity index (χ1v) is 6.73. The fraction of sp³-hybridized carbons (Fsp3) is 0.444. The van der Waals surface area contributed by atoms with Crippen LogP contribution in [0.5, 0.6) is 0 Å². The van der Waals surface area contributed by atoms with Crippen LogP contribution < -0.4 is 4.72 Å². The van der Waals surface area contributed by atoms with Gasteiger partial charge in [0.05, 0.1) is 11.9 Å². The van der Waals surface area contributed by atoms with Crippen LogP contribution in [0.2, 0.25) is 0 Å². The summed E-state index contributed by atoms with van der Waals surface area (Å²) in [5.41, 5.74) is 0.954. The Hall–Kier alpha value is -1.34. The highest BCUT2D eigenvalue weighted by molar-refractivity contribution is 7.89. The van der Waals surface area contributed by atoms with E-state index in [1.54, 1.807) is 17.6 Å². The van der Waals surface area contributed by atoms with E-state index in [4.69, 9.17) is 0 Å². The lowest BCUT2D eigenvalue weighted by molar-refractivity contribution is 0.575. The molecule has 0 radical (unpaired) electrons. The third-order valence-electron chi connectivity index (χ3n) is 2.39. The van der Waals surface area contributed by atoms with Crippen molar-refractivity contribution in [2.45, 2.75) is 13.5 Å². The number of sulfonamides is 1. The fourth-order valence-electron chi connectivity index (χ4n) is 1.48. The van der Waals surface area contributed by atoms with Gasteiger partial charge in [0, 0.05) is 31.5 Å². The van der Waals surface area contributed by atoms with Crippen molar-refractivity contribution in [3.8, 4) is 0 Å². The van der Waals surface area contributed by atoms with Crippen molar-refractivity contribution in [2.75, 3.05) is 12.3 Å². The average Bonchev–Trinajstić information content (AvgIpc) is 2.82. The minimum Gasteiger partial charge on any atom is -0.330 e. The van der Waals surface area contributed by atoms with Crippen LogP contribution in [0, 0.1) is 0 Å². The number of rotatable bonds is 5. The maximum Gasteiger partial charge on any atom is 0.211 e. The van der Waals surface area contributed by atoms with E-state index < -0.39 is 10.0 Å². The van der Waals surface area contributed by atoms with Crippen LogP contribution in [-0.4, -0.2) is 34.9 Å². The molecule has 0 aromatic carbocycles. The van der Waals surface area contributed by atoms with E-state index in [2.05, 4.69) is 9.82 Å².